The van der Waals surface area contributed by atoms with Crippen LogP contribution in [-0.4, -0.2) is 27.6 Å². The summed E-state index contributed by atoms with van der Waals surface area (Å²) in [6, 6.07) is 0. The van der Waals surface area contributed by atoms with Crippen LogP contribution in [0.2, 0.25) is 0 Å². The lowest BCUT2D eigenvalue weighted by atomic mass is 10.1. The fourth-order valence-corrected chi connectivity index (χ4v) is 1.45. The minimum absolute atomic E-state index is 0.108. The first kappa shape index (κ1) is 13.3. The van der Waals surface area contributed by atoms with Crippen molar-refractivity contribution in [3.8, 4) is 0 Å². The molecule has 0 aliphatic rings. The van der Waals surface area contributed by atoms with Crippen molar-refractivity contribution in [2.45, 2.75) is 23.7 Å². The second-order valence-corrected chi connectivity index (χ2v) is 5.06. The van der Waals surface area contributed by atoms with E-state index in [1.54, 1.807) is 0 Å². The van der Waals surface area contributed by atoms with E-state index in [-0.39, 0.29) is 6.61 Å². The minimum Gasteiger partial charge on any atom is -0.465 e. The number of hydrogen-bond donors (Lipinski definition) is 1. The highest BCUT2D eigenvalue weighted by molar-refractivity contribution is 6.67. The van der Waals surface area contributed by atoms with Gasteiger partial charge in [-0.1, -0.05) is 34.8 Å². The highest BCUT2D eigenvalue weighted by Crippen LogP contribution is 2.37. The summed E-state index contributed by atoms with van der Waals surface area (Å²) in [7, 11) is 0. The monoisotopic (exact) mass is 248 g/mol. The molecular weight excluding hydrogens is 238 g/mol. The van der Waals surface area contributed by atoms with Crippen molar-refractivity contribution in [1.29, 1.82) is 0 Å². The zero-order chi connectivity index (χ0) is 10.6. The van der Waals surface area contributed by atoms with Gasteiger partial charge in [-0.15, -0.1) is 0 Å². The molecule has 0 aromatic rings. The third-order valence-electron chi connectivity index (χ3n) is 1.47. The van der Waals surface area contributed by atoms with E-state index in [0.29, 0.717) is 0 Å². The predicted molar refractivity (Wildman–Crippen MR) is 52.1 cm³/mol. The van der Waals surface area contributed by atoms with Crippen molar-refractivity contribution in [2.24, 2.45) is 5.92 Å². The number of aliphatic hydroxyl groups excluding tert-OH is 1. The summed E-state index contributed by atoms with van der Waals surface area (Å²) in [6.07, 6.45) is -0.855. The minimum atomic E-state index is -1.64. The van der Waals surface area contributed by atoms with Crippen LogP contribution in [0.1, 0.15) is 13.8 Å². The van der Waals surface area contributed by atoms with Crippen LogP contribution in [0.15, 0.2) is 0 Å². The Hall–Kier alpha value is 0.300. The highest BCUT2D eigenvalue weighted by Gasteiger charge is 2.36. The molecule has 0 aromatic heterocycles. The molecule has 13 heavy (non-hydrogen) atoms. The van der Waals surface area contributed by atoms with Gasteiger partial charge >= 0.3 is 5.97 Å². The molecule has 0 rings (SSSR count). The lowest BCUT2D eigenvalue weighted by Crippen LogP contribution is -2.34. The fourth-order valence-electron chi connectivity index (χ4n) is 0.714. The van der Waals surface area contributed by atoms with Gasteiger partial charge in [0.2, 0.25) is 0 Å². The van der Waals surface area contributed by atoms with E-state index in [1.165, 1.54) is 13.8 Å². The lowest BCUT2D eigenvalue weighted by Gasteiger charge is -2.25. The second kappa shape index (κ2) is 5.25. The van der Waals surface area contributed by atoms with Crippen LogP contribution >= 0.6 is 34.8 Å². The molecule has 1 N–H and O–H groups in total. The molecule has 0 saturated heterocycles. The number of rotatable bonds is 3. The number of carbonyl (C=O) groups excluding carboxylic acids is 1. The standard InChI is InChI=1S/C7H11Cl3O3/c1-4(11)6(7(8,9)10)3-13-5(2)12/h4,6,11H,3H2,1-2H3. The van der Waals surface area contributed by atoms with Gasteiger partial charge in [-0.05, 0) is 6.92 Å². The summed E-state index contributed by atoms with van der Waals surface area (Å²) in [5.41, 5.74) is 0. The lowest BCUT2D eigenvalue weighted by molar-refractivity contribution is -0.143. The maximum absolute atomic E-state index is 10.5. The number of halogens is 3. The molecule has 0 heterocycles. The van der Waals surface area contributed by atoms with E-state index in [0.717, 1.165) is 0 Å². The van der Waals surface area contributed by atoms with Crippen LogP contribution in [0, 0.1) is 5.92 Å². The number of hydrogen-bond acceptors (Lipinski definition) is 3. The second-order valence-electron chi connectivity index (χ2n) is 2.69. The molecule has 0 radical (unpaired) electrons. The quantitative estimate of drug-likeness (QED) is 0.614. The van der Waals surface area contributed by atoms with E-state index >= 15 is 0 Å². The predicted octanol–water partition coefficient (Wildman–Crippen LogP) is 1.92. The van der Waals surface area contributed by atoms with Gasteiger partial charge in [0.25, 0.3) is 0 Å². The molecule has 0 amide bonds. The smallest absolute Gasteiger partial charge is 0.302 e. The zero-order valence-electron chi connectivity index (χ0n) is 7.26. The van der Waals surface area contributed by atoms with Crippen molar-refractivity contribution in [3.63, 3.8) is 0 Å². The van der Waals surface area contributed by atoms with Crippen LogP contribution < -0.4 is 0 Å². The molecule has 2 atom stereocenters. The molecule has 0 aliphatic carbocycles. The first-order valence-electron chi connectivity index (χ1n) is 3.63. The molecule has 0 spiro atoms. The molecule has 0 fully saturated rings. The Morgan fingerprint density at radius 1 is 1.54 bits per heavy atom. The van der Waals surface area contributed by atoms with Crippen molar-refractivity contribution < 1.29 is 14.6 Å². The number of ether oxygens (including phenoxy) is 1. The SMILES string of the molecule is CC(=O)OCC(C(C)O)C(Cl)(Cl)Cl. The van der Waals surface area contributed by atoms with Crippen molar-refractivity contribution in [3.05, 3.63) is 0 Å². The van der Waals surface area contributed by atoms with Gasteiger partial charge in [-0.25, -0.2) is 0 Å². The summed E-state index contributed by atoms with van der Waals surface area (Å²) >= 11 is 16.7. The fraction of sp³-hybridized carbons (Fsp3) is 0.857. The summed E-state index contributed by atoms with van der Waals surface area (Å²) in [6.45, 7) is 2.61. The average Bonchev–Trinajstić information content (AvgIpc) is 1.81. The Morgan fingerprint density at radius 2 is 2.00 bits per heavy atom. The van der Waals surface area contributed by atoms with Crippen molar-refractivity contribution in [2.75, 3.05) is 6.61 Å². The average molecular weight is 250 g/mol. The molecule has 0 bridgehead atoms. The Kier molecular flexibility index (Phi) is 5.37. The van der Waals surface area contributed by atoms with Crippen LogP contribution in [0.3, 0.4) is 0 Å². The van der Waals surface area contributed by atoms with Gasteiger partial charge in [0.15, 0.2) is 3.79 Å². The van der Waals surface area contributed by atoms with Crippen LogP contribution in [0.4, 0.5) is 0 Å². The molecular formula is C7H11Cl3O3. The molecule has 0 aromatic carbocycles. The molecule has 0 aliphatic heterocycles. The Bertz CT molecular complexity index is 176. The first-order chi connectivity index (χ1) is 5.75. The topological polar surface area (TPSA) is 46.5 Å². The summed E-state index contributed by atoms with van der Waals surface area (Å²) in [4.78, 5) is 10.5. The van der Waals surface area contributed by atoms with E-state index in [9.17, 15) is 9.90 Å². The molecule has 2 unspecified atom stereocenters. The maximum atomic E-state index is 10.5. The van der Waals surface area contributed by atoms with E-state index < -0.39 is 21.8 Å². The Labute approximate surface area is 91.9 Å². The van der Waals surface area contributed by atoms with E-state index in [2.05, 4.69) is 4.74 Å². The number of aliphatic hydroxyl groups is 1. The van der Waals surface area contributed by atoms with Crippen molar-refractivity contribution in [1.82, 2.24) is 0 Å². The zero-order valence-corrected chi connectivity index (χ0v) is 9.53. The maximum Gasteiger partial charge on any atom is 0.302 e. The summed E-state index contributed by atoms with van der Waals surface area (Å²) in [5, 5.41) is 9.22. The Balaban J connectivity index is 4.20. The largest absolute Gasteiger partial charge is 0.465 e. The number of alkyl halides is 3. The number of carbonyl (C=O) groups is 1. The van der Waals surface area contributed by atoms with Gasteiger partial charge in [0.05, 0.1) is 12.0 Å². The summed E-state index contributed by atoms with van der Waals surface area (Å²) in [5.74, 6) is -1.19. The van der Waals surface area contributed by atoms with Gasteiger partial charge in [-0.2, -0.15) is 0 Å². The van der Waals surface area contributed by atoms with Gasteiger partial charge in [0.1, 0.15) is 6.61 Å². The molecule has 78 valence electrons. The van der Waals surface area contributed by atoms with Gasteiger partial charge in [0, 0.05) is 6.92 Å². The third-order valence-corrected chi connectivity index (χ3v) is 2.31. The van der Waals surface area contributed by atoms with Crippen LogP contribution in [0.25, 0.3) is 0 Å². The Morgan fingerprint density at radius 3 is 2.23 bits per heavy atom. The van der Waals surface area contributed by atoms with Gasteiger partial charge in [-0.3, -0.25) is 4.79 Å². The normalized spacial score (nSPS) is 16.5. The van der Waals surface area contributed by atoms with E-state index in [1.807, 2.05) is 0 Å². The third kappa shape index (κ3) is 5.57. The molecule has 6 heteroatoms. The van der Waals surface area contributed by atoms with Crippen LogP contribution in [-0.2, 0) is 9.53 Å². The van der Waals surface area contributed by atoms with Gasteiger partial charge < -0.3 is 9.84 Å². The highest BCUT2D eigenvalue weighted by atomic mass is 35.6. The molecule has 0 saturated carbocycles. The van der Waals surface area contributed by atoms with E-state index in [4.69, 9.17) is 34.8 Å². The van der Waals surface area contributed by atoms with Crippen LogP contribution in [0.5, 0.6) is 0 Å². The first-order valence-corrected chi connectivity index (χ1v) is 4.76. The summed E-state index contributed by atoms with van der Waals surface area (Å²) < 4.78 is 3.00. The molecule has 3 nitrogen and oxygen atoms in total. The van der Waals surface area contributed by atoms with Crippen molar-refractivity contribution >= 4 is 40.8 Å². The number of esters is 1.